The van der Waals surface area contributed by atoms with Crippen LogP contribution >= 0.6 is 0 Å². The van der Waals surface area contributed by atoms with E-state index in [9.17, 15) is 9.59 Å². The topological polar surface area (TPSA) is 85.2 Å². The molecule has 134 valence electrons. The fourth-order valence-corrected chi connectivity index (χ4v) is 2.20. The number of aryl methyl sites for hydroxylation is 1. The molecule has 2 amide bonds. The molecule has 0 saturated carbocycles. The van der Waals surface area contributed by atoms with Crippen molar-refractivity contribution in [2.75, 3.05) is 5.32 Å². The van der Waals surface area contributed by atoms with Gasteiger partial charge >= 0.3 is 6.09 Å². The summed E-state index contributed by atoms with van der Waals surface area (Å²) in [4.78, 5) is 24.7. The van der Waals surface area contributed by atoms with Crippen molar-refractivity contribution in [2.24, 2.45) is 7.05 Å². The zero-order valence-electron chi connectivity index (χ0n) is 14.9. The van der Waals surface area contributed by atoms with Gasteiger partial charge in [-0.2, -0.15) is 5.10 Å². The minimum Gasteiger partial charge on any atom is -0.444 e. The van der Waals surface area contributed by atoms with E-state index in [4.69, 9.17) is 4.74 Å². The second-order valence-electron chi connectivity index (χ2n) is 6.75. The summed E-state index contributed by atoms with van der Waals surface area (Å²) >= 11 is 0. The smallest absolute Gasteiger partial charge is 0.408 e. The van der Waals surface area contributed by atoms with Crippen LogP contribution in [0.15, 0.2) is 42.6 Å². The molecule has 25 heavy (non-hydrogen) atoms. The van der Waals surface area contributed by atoms with E-state index in [0.29, 0.717) is 12.2 Å². The summed E-state index contributed by atoms with van der Waals surface area (Å²) in [6.45, 7) is 5.31. The van der Waals surface area contributed by atoms with Crippen molar-refractivity contribution in [1.82, 2.24) is 15.1 Å². The molecule has 2 aromatic rings. The van der Waals surface area contributed by atoms with E-state index in [1.807, 2.05) is 30.3 Å². The molecule has 0 fully saturated rings. The van der Waals surface area contributed by atoms with Crippen LogP contribution < -0.4 is 10.6 Å². The number of rotatable bonds is 5. The summed E-state index contributed by atoms with van der Waals surface area (Å²) in [5.41, 5.74) is 0.290. The first-order valence-corrected chi connectivity index (χ1v) is 8.07. The standard InChI is InChI=1S/C18H24N4O3/c1-18(2,3)25-17(24)19-14(12-13-8-6-5-7-9-13)16(23)20-15-10-11-22(4)21-15/h5-11,14H,12H2,1-4H3,(H,19,24)(H,20,21,23)/t14-/m0/s1. The monoisotopic (exact) mass is 344 g/mol. The normalized spacial score (nSPS) is 12.3. The predicted molar refractivity (Wildman–Crippen MR) is 95.1 cm³/mol. The summed E-state index contributed by atoms with van der Waals surface area (Å²) in [5.74, 6) is 0.0740. The number of benzene rings is 1. The number of ether oxygens (including phenoxy) is 1. The maximum atomic E-state index is 12.6. The summed E-state index contributed by atoms with van der Waals surface area (Å²) < 4.78 is 6.85. The number of carbonyl (C=O) groups excluding carboxylic acids is 2. The van der Waals surface area contributed by atoms with Gasteiger partial charge in [-0.15, -0.1) is 0 Å². The lowest BCUT2D eigenvalue weighted by Crippen LogP contribution is -2.47. The predicted octanol–water partition coefficient (Wildman–Crippen LogP) is 2.49. The minimum atomic E-state index is -0.778. The molecule has 0 unspecified atom stereocenters. The fourth-order valence-electron chi connectivity index (χ4n) is 2.20. The van der Waals surface area contributed by atoms with Crippen molar-refractivity contribution in [3.05, 3.63) is 48.2 Å². The van der Waals surface area contributed by atoms with E-state index < -0.39 is 17.7 Å². The van der Waals surface area contributed by atoms with E-state index in [2.05, 4.69) is 15.7 Å². The first-order chi connectivity index (χ1) is 11.7. The highest BCUT2D eigenvalue weighted by atomic mass is 16.6. The number of nitrogens with zero attached hydrogens (tertiary/aromatic N) is 2. The van der Waals surface area contributed by atoms with E-state index in [0.717, 1.165) is 5.56 Å². The molecular weight excluding hydrogens is 320 g/mol. The highest BCUT2D eigenvalue weighted by molar-refractivity contribution is 5.96. The van der Waals surface area contributed by atoms with E-state index in [-0.39, 0.29) is 5.91 Å². The van der Waals surface area contributed by atoms with E-state index in [1.165, 1.54) is 0 Å². The van der Waals surface area contributed by atoms with Crippen LogP contribution in [0.5, 0.6) is 0 Å². The fraction of sp³-hybridized carbons (Fsp3) is 0.389. The van der Waals surface area contributed by atoms with Gasteiger partial charge in [-0.3, -0.25) is 9.48 Å². The Balaban J connectivity index is 2.10. The Morgan fingerprint density at radius 2 is 1.88 bits per heavy atom. The largest absolute Gasteiger partial charge is 0.444 e. The molecule has 1 aromatic carbocycles. The van der Waals surface area contributed by atoms with Crippen LogP contribution in [0.2, 0.25) is 0 Å². The van der Waals surface area contributed by atoms with Crippen molar-refractivity contribution < 1.29 is 14.3 Å². The molecule has 0 saturated heterocycles. The molecule has 2 N–H and O–H groups in total. The maximum Gasteiger partial charge on any atom is 0.408 e. The Labute approximate surface area is 147 Å². The SMILES string of the molecule is Cn1ccc(NC(=O)[C@H](Cc2ccccc2)NC(=O)OC(C)(C)C)n1. The molecule has 7 nitrogen and oxygen atoms in total. The number of amides is 2. The lowest BCUT2D eigenvalue weighted by molar-refractivity contribution is -0.118. The molecule has 0 radical (unpaired) electrons. The van der Waals surface area contributed by atoms with Crippen molar-refractivity contribution in [1.29, 1.82) is 0 Å². The summed E-state index contributed by atoms with van der Waals surface area (Å²) in [5, 5.41) is 9.47. The third-order valence-electron chi connectivity index (χ3n) is 3.25. The number of carbonyl (C=O) groups is 2. The maximum absolute atomic E-state index is 12.6. The van der Waals surface area contributed by atoms with Crippen LogP contribution in [0.25, 0.3) is 0 Å². The molecular formula is C18H24N4O3. The Bertz CT molecular complexity index is 719. The third-order valence-corrected chi connectivity index (χ3v) is 3.25. The van der Waals surface area contributed by atoms with Crippen LogP contribution in [0, 0.1) is 0 Å². The van der Waals surface area contributed by atoms with Gasteiger partial charge in [0, 0.05) is 25.7 Å². The Morgan fingerprint density at radius 3 is 2.44 bits per heavy atom. The van der Waals surface area contributed by atoms with Gasteiger partial charge in [0.15, 0.2) is 5.82 Å². The molecule has 1 atom stereocenters. The summed E-state index contributed by atoms with van der Waals surface area (Å²) in [6, 6.07) is 10.4. The average Bonchev–Trinajstić information content (AvgIpc) is 2.91. The first-order valence-electron chi connectivity index (χ1n) is 8.07. The second kappa shape index (κ2) is 7.83. The number of aromatic nitrogens is 2. The van der Waals surface area contributed by atoms with Crippen molar-refractivity contribution in [2.45, 2.75) is 38.8 Å². The lowest BCUT2D eigenvalue weighted by Gasteiger charge is -2.23. The number of alkyl carbamates (subject to hydrolysis) is 1. The van der Waals surface area contributed by atoms with Crippen molar-refractivity contribution >= 4 is 17.8 Å². The van der Waals surface area contributed by atoms with Gasteiger partial charge in [0.25, 0.3) is 0 Å². The Hall–Kier alpha value is -2.83. The van der Waals surface area contributed by atoms with Gasteiger partial charge in [-0.1, -0.05) is 30.3 Å². The molecule has 0 aliphatic heterocycles. The minimum absolute atomic E-state index is 0.346. The van der Waals surface area contributed by atoms with Gasteiger partial charge < -0.3 is 15.4 Å². The highest BCUT2D eigenvalue weighted by Gasteiger charge is 2.25. The summed E-state index contributed by atoms with van der Waals surface area (Å²) in [6.07, 6.45) is 1.44. The van der Waals surface area contributed by atoms with Crippen LogP contribution in [0.1, 0.15) is 26.3 Å². The van der Waals surface area contributed by atoms with Crippen LogP contribution in [-0.2, 0) is 23.0 Å². The molecule has 7 heteroatoms. The number of anilines is 1. The molecule has 0 bridgehead atoms. The molecule has 0 aliphatic rings. The summed E-state index contributed by atoms with van der Waals surface area (Å²) in [7, 11) is 1.76. The van der Waals surface area contributed by atoms with Gasteiger partial charge in [0.2, 0.25) is 5.91 Å². The third kappa shape index (κ3) is 6.29. The van der Waals surface area contributed by atoms with Gasteiger partial charge in [-0.05, 0) is 26.3 Å². The molecule has 0 spiro atoms. The quantitative estimate of drug-likeness (QED) is 0.873. The van der Waals surface area contributed by atoms with E-state index in [1.54, 1.807) is 44.8 Å². The zero-order chi connectivity index (χ0) is 18.4. The molecule has 1 heterocycles. The number of hydrogen-bond acceptors (Lipinski definition) is 4. The van der Waals surface area contributed by atoms with E-state index >= 15 is 0 Å². The Kier molecular flexibility index (Phi) is 5.80. The van der Waals surface area contributed by atoms with Crippen molar-refractivity contribution in [3.8, 4) is 0 Å². The van der Waals surface area contributed by atoms with Gasteiger partial charge in [-0.25, -0.2) is 4.79 Å². The van der Waals surface area contributed by atoms with Crippen molar-refractivity contribution in [3.63, 3.8) is 0 Å². The average molecular weight is 344 g/mol. The van der Waals surface area contributed by atoms with Crippen LogP contribution in [-0.4, -0.2) is 33.4 Å². The number of hydrogen-bond donors (Lipinski definition) is 2. The molecule has 0 aliphatic carbocycles. The zero-order valence-corrected chi connectivity index (χ0v) is 14.9. The molecule has 1 aromatic heterocycles. The van der Waals surface area contributed by atoms with Gasteiger partial charge in [0.05, 0.1) is 0 Å². The molecule has 2 rings (SSSR count). The lowest BCUT2D eigenvalue weighted by atomic mass is 10.1. The highest BCUT2D eigenvalue weighted by Crippen LogP contribution is 2.10. The second-order valence-corrected chi connectivity index (χ2v) is 6.75. The van der Waals surface area contributed by atoms with Crippen LogP contribution in [0.4, 0.5) is 10.6 Å². The van der Waals surface area contributed by atoms with Gasteiger partial charge in [0.1, 0.15) is 11.6 Å². The Morgan fingerprint density at radius 1 is 1.20 bits per heavy atom. The van der Waals surface area contributed by atoms with Crippen LogP contribution in [0.3, 0.4) is 0 Å². The first kappa shape index (κ1) is 18.5. The number of nitrogens with one attached hydrogen (secondary N) is 2.